The van der Waals surface area contributed by atoms with Crippen LogP contribution in [0.1, 0.15) is 31.3 Å². The number of benzene rings is 1. The SMILES string of the molecule is Cc1cc(F)cc(-c2noc([C@H](N)C(C)C)n2)c1. The molecular formula is C13H16FN3O. The van der Waals surface area contributed by atoms with E-state index in [1.807, 2.05) is 20.8 Å². The molecule has 0 aliphatic heterocycles. The zero-order valence-electron chi connectivity index (χ0n) is 10.6. The van der Waals surface area contributed by atoms with Gasteiger partial charge in [-0.25, -0.2) is 4.39 Å². The Bertz CT molecular complexity index is 531. The van der Waals surface area contributed by atoms with Crippen molar-refractivity contribution in [3.05, 3.63) is 35.5 Å². The Morgan fingerprint density at radius 2 is 2.00 bits per heavy atom. The molecule has 0 bridgehead atoms. The summed E-state index contributed by atoms with van der Waals surface area (Å²) >= 11 is 0. The summed E-state index contributed by atoms with van der Waals surface area (Å²) in [4.78, 5) is 4.21. The number of nitrogens with zero attached hydrogens (tertiary/aromatic N) is 2. The summed E-state index contributed by atoms with van der Waals surface area (Å²) in [6.07, 6.45) is 0. The van der Waals surface area contributed by atoms with Crippen molar-refractivity contribution in [1.29, 1.82) is 0 Å². The predicted octanol–water partition coefficient (Wildman–Crippen LogP) is 2.84. The van der Waals surface area contributed by atoms with E-state index >= 15 is 0 Å². The molecule has 18 heavy (non-hydrogen) atoms. The van der Waals surface area contributed by atoms with Crippen LogP contribution >= 0.6 is 0 Å². The third-order valence-electron chi connectivity index (χ3n) is 2.75. The van der Waals surface area contributed by atoms with Gasteiger partial charge >= 0.3 is 0 Å². The minimum atomic E-state index is -0.315. The molecule has 0 aliphatic rings. The first-order valence-corrected chi connectivity index (χ1v) is 5.84. The first kappa shape index (κ1) is 12.7. The highest BCUT2D eigenvalue weighted by atomic mass is 19.1. The van der Waals surface area contributed by atoms with Crippen molar-refractivity contribution in [2.75, 3.05) is 0 Å². The molecule has 1 atom stereocenters. The topological polar surface area (TPSA) is 64.9 Å². The van der Waals surface area contributed by atoms with Crippen LogP contribution in [0.2, 0.25) is 0 Å². The van der Waals surface area contributed by atoms with Gasteiger partial charge in [0.2, 0.25) is 11.7 Å². The molecule has 0 saturated heterocycles. The maximum absolute atomic E-state index is 13.3. The summed E-state index contributed by atoms with van der Waals surface area (Å²) in [5.41, 5.74) is 7.32. The molecule has 2 N–H and O–H groups in total. The third-order valence-corrected chi connectivity index (χ3v) is 2.75. The number of rotatable bonds is 3. The van der Waals surface area contributed by atoms with Crippen LogP contribution in [0.5, 0.6) is 0 Å². The normalized spacial score (nSPS) is 13.0. The summed E-state index contributed by atoms with van der Waals surface area (Å²) in [6.45, 7) is 5.76. The summed E-state index contributed by atoms with van der Waals surface area (Å²) in [5, 5.41) is 3.84. The lowest BCUT2D eigenvalue weighted by Crippen LogP contribution is -2.16. The standard InChI is InChI=1S/C13H16FN3O/c1-7(2)11(15)13-16-12(17-18-13)9-4-8(3)5-10(14)6-9/h4-7,11H,15H2,1-3H3/t11-/m1/s1. The predicted molar refractivity (Wildman–Crippen MR) is 66.2 cm³/mol. The van der Waals surface area contributed by atoms with Crippen molar-refractivity contribution < 1.29 is 8.91 Å². The van der Waals surface area contributed by atoms with Gasteiger partial charge in [0.25, 0.3) is 0 Å². The van der Waals surface area contributed by atoms with Gasteiger partial charge in [-0.05, 0) is 36.6 Å². The molecule has 4 nitrogen and oxygen atoms in total. The van der Waals surface area contributed by atoms with Gasteiger partial charge in [-0.1, -0.05) is 19.0 Å². The fourth-order valence-corrected chi connectivity index (χ4v) is 1.64. The second kappa shape index (κ2) is 4.86. The quantitative estimate of drug-likeness (QED) is 0.908. The lowest BCUT2D eigenvalue weighted by molar-refractivity contribution is 0.325. The maximum atomic E-state index is 13.3. The Hall–Kier alpha value is -1.75. The van der Waals surface area contributed by atoms with Gasteiger partial charge in [0, 0.05) is 5.56 Å². The highest BCUT2D eigenvalue weighted by molar-refractivity contribution is 5.55. The zero-order valence-corrected chi connectivity index (χ0v) is 10.6. The van der Waals surface area contributed by atoms with Gasteiger partial charge in [-0.15, -0.1) is 0 Å². The third kappa shape index (κ3) is 2.56. The van der Waals surface area contributed by atoms with Crippen molar-refractivity contribution in [3.8, 4) is 11.4 Å². The van der Waals surface area contributed by atoms with Crippen molar-refractivity contribution in [2.24, 2.45) is 11.7 Å². The molecule has 0 saturated carbocycles. The number of hydrogen-bond donors (Lipinski definition) is 1. The van der Waals surface area contributed by atoms with E-state index in [2.05, 4.69) is 10.1 Å². The van der Waals surface area contributed by atoms with Gasteiger partial charge in [-0.3, -0.25) is 0 Å². The van der Waals surface area contributed by atoms with E-state index in [1.54, 1.807) is 6.07 Å². The van der Waals surface area contributed by atoms with E-state index < -0.39 is 0 Å². The van der Waals surface area contributed by atoms with E-state index in [1.165, 1.54) is 12.1 Å². The highest BCUT2D eigenvalue weighted by Crippen LogP contribution is 2.22. The summed E-state index contributed by atoms with van der Waals surface area (Å²) in [7, 11) is 0. The molecular weight excluding hydrogens is 233 g/mol. The molecule has 1 heterocycles. The number of aromatic nitrogens is 2. The monoisotopic (exact) mass is 249 g/mol. The Labute approximate surface area is 105 Å². The van der Waals surface area contributed by atoms with Crippen LogP contribution in [0.15, 0.2) is 22.7 Å². The van der Waals surface area contributed by atoms with Gasteiger partial charge in [0.05, 0.1) is 6.04 Å². The van der Waals surface area contributed by atoms with Gasteiger partial charge in [0.15, 0.2) is 0 Å². The molecule has 2 aromatic rings. The minimum absolute atomic E-state index is 0.201. The number of halogens is 1. The Morgan fingerprint density at radius 3 is 2.61 bits per heavy atom. The molecule has 1 aromatic carbocycles. The second-order valence-corrected chi connectivity index (χ2v) is 4.74. The molecule has 0 unspecified atom stereocenters. The van der Waals surface area contributed by atoms with Gasteiger partial charge in [-0.2, -0.15) is 4.98 Å². The molecule has 0 spiro atoms. The Kier molecular flexibility index (Phi) is 3.43. The lowest BCUT2D eigenvalue weighted by Gasteiger charge is -2.09. The van der Waals surface area contributed by atoms with Crippen molar-refractivity contribution in [3.63, 3.8) is 0 Å². The number of aryl methyl sites for hydroxylation is 1. The molecule has 1 aromatic heterocycles. The van der Waals surface area contributed by atoms with Crippen LogP contribution in [0.4, 0.5) is 4.39 Å². The van der Waals surface area contributed by atoms with Gasteiger partial charge in [0.1, 0.15) is 5.82 Å². The van der Waals surface area contributed by atoms with E-state index in [0.29, 0.717) is 17.3 Å². The fraction of sp³-hybridized carbons (Fsp3) is 0.385. The molecule has 0 radical (unpaired) electrons. The van der Waals surface area contributed by atoms with Crippen LogP contribution in [-0.2, 0) is 0 Å². The van der Waals surface area contributed by atoms with Crippen molar-refractivity contribution in [2.45, 2.75) is 26.8 Å². The Balaban J connectivity index is 2.35. The minimum Gasteiger partial charge on any atom is -0.337 e. The largest absolute Gasteiger partial charge is 0.337 e. The molecule has 0 amide bonds. The Morgan fingerprint density at radius 1 is 1.28 bits per heavy atom. The molecule has 2 rings (SSSR count). The van der Waals surface area contributed by atoms with Crippen LogP contribution in [0.3, 0.4) is 0 Å². The van der Waals surface area contributed by atoms with Crippen molar-refractivity contribution >= 4 is 0 Å². The van der Waals surface area contributed by atoms with Gasteiger partial charge < -0.3 is 10.3 Å². The smallest absolute Gasteiger partial charge is 0.244 e. The van der Waals surface area contributed by atoms with Crippen LogP contribution < -0.4 is 5.73 Å². The molecule has 0 aliphatic carbocycles. The summed E-state index contributed by atoms with van der Waals surface area (Å²) < 4.78 is 18.4. The van der Waals surface area contributed by atoms with Crippen molar-refractivity contribution in [1.82, 2.24) is 10.1 Å². The van der Waals surface area contributed by atoms with E-state index in [9.17, 15) is 4.39 Å². The average molecular weight is 249 g/mol. The summed E-state index contributed by atoms with van der Waals surface area (Å²) in [6, 6.07) is 4.33. The molecule has 0 fully saturated rings. The number of nitrogens with two attached hydrogens (primary N) is 1. The van der Waals surface area contributed by atoms with Crippen LogP contribution in [0, 0.1) is 18.7 Å². The van der Waals surface area contributed by atoms with Crippen LogP contribution in [0.25, 0.3) is 11.4 Å². The highest BCUT2D eigenvalue weighted by Gasteiger charge is 2.18. The first-order valence-electron chi connectivity index (χ1n) is 5.84. The maximum Gasteiger partial charge on any atom is 0.244 e. The van der Waals surface area contributed by atoms with E-state index in [4.69, 9.17) is 10.3 Å². The molecule has 96 valence electrons. The molecule has 5 heteroatoms. The fourth-order valence-electron chi connectivity index (χ4n) is 1.64. The number of hydrogen-bond acceptors (Lipinski definition) is 4. The summed E-state index contributed by atoms with van der Waals surface area (Å²) in [5.74, 6) is 0.627. The second-order valence-electron chi connectivity index (χ2n) is 4.74. The zero-order chi connectivity index (χ0) is 13.3. The van der Waals surface area contributed by atoms with E-state index in [0.717, 1.165) is 5.56 Å². The first-order chi connectivity index (χ1) is 8.47. The average Bonchev–Trinajstić information content (AvgIpc) is 2.75. The van der Waals surface area contributed by atoms with E-state index in [-0.39, 0.29) is 17.8 Å². The lowest BCUT2D eigenvalue weighted by atomic mass is 10.1. The van der Waals surface area contributed by atoms with Crippen LogP contribution in [-0.4, -0.2) is 10.1 Å².